The van der Waals surface area contributed by atoms with Crippen LogP contribution in [-0.4, -0.2) is 41.3 Å². The number of nitrogens with one attached hydrogen (secondary N) is 1. The van der Waals surface area contributed by atoms with Crippen molar-refractivity contribution in [3.05, 3.63) is 41.1 Å². The molecule has 1 N–H and O–H groups in total. The minimum Gasteiger partial charge on any atom is -0.444 e. The van der Waals surface area contributed by atoms with E-state index in [0.29, 0.717) is 24.3 Å². The van der Waals surface area contributed by atoms with Gasteiger partial charge in [-0.05, 0) is 44.9 Å². The highest BCUT2D eigenvalue weighted by atomic mass is 32.2. The van der Waals surface area contributed by atoms with E-state index in [2.05, 4.69) is 9.82 Å². The molecular formula is C20H28N4O4S. The highest BCUT2D eigenvalue weighted by molar-refractivity contribution is 7.92. The molecule has 8 nitrogen and oxygen atoms in total. The fourth-order valence-corrected chi connectivity index (χ4v) is 4.32. The number of ether oxygens (including phenoxy) is 1. The predicted octanol–water partition coefficient (Wildman–Crippen LogP) is 3.08. The van der Waals surface area contributed by atoms with E-state index < -0.39 is 21.7 Å². The number of carbonyl (C=O) groups excluding carboxylic acids is 1. The minimum atomic E-state index is -3.78. The van der Waals surface area contributed by atoms with Gasteiger partial charge in [-0.15, -0.1) is 0 Å². The summed E-state index contributed by atoms with van der Waals surface area (Å²) < 4.78 is 35.4. The summed E-state index contributed by atoms with van der Waals surface area (Å²) in [4.78, 5) is 14.2. The molecule has 2 heterocycles. The number of sulfonamides is 1. The van der Waals surface area contributed by atoms with Crippen LogP contribution >= 0.6 is 0 Å². The average Bonchev–Trinajstić information content (AvgIpc) is 2.94. The van der Waals surface area contributed by atoms with Crippen molar-refractivity contribution >= 4 is 21.9 Å². The van der Waals surface area contributed by atoms with Gasteiger partial charge in [0.25, 0.3) is 10.0 Å². The van der Waals surface area contributed by atoms with Crippen molar-refractivity contribution in [1.82, 2.24) is 14.7 Å². The lowest BCUT2D eigenvalue weighted by Gasteiger charge is -2.29. The maximum atomic E-state index is 12.9. The topological polar surface area (TPSA) is 93.5 Å². The Morgan fingerprint density at radius 2 is 1.90 bits per heavy atom. The molecule has 0 bridgehead atoms. The first-order valence-electron chi connectivity index (χ1n) is 9.64. The van der Waals surface area contributed by atoms with Gasteiger partial charge >= 0.3 is 6.09 Å². The molecule has 29 heavy (non-hydrogen) atoms. The third-order valence-electron chi connectivity index (χ3n) is 4.72. The van der Waals surface area contributed by atoms with E-state index in [9.17, 15) is 13.2 Å². The molecule has 3 rings (SSSR count). The second-order valence-electron chi connectivity index (χ2n) is 8.15. The molecule has 1 aliphatic rings. The van der Waals surface area contributed by atoms with Crippen LogP contribution < -0.4 is 4.72 Å². The van der Waals surface area contributed by atoms with Crippen molar-refractivity contribution in [3.8, 4) is 0 Å². The van der Waals surface area contributed by atoms with E-state index >= 15 is 0 Å². The second kappa shape index (κ2) is 7.70. The fraction of sp³-hybridized carbons (Fsp3) is 0.500. The second-order valence-corrected chi connectivity index (χ2v) is 9.83. The van der Waals surface area contributed by atoms with Crippen LogP contribution in [0.4, 0.5) is 10.6 Å². The number of fused-ring (bicyclic) bond motifs is 1. The van der Waals surface area contributed by atoms with E-state index in [1.807, 2.05) is 27.7 Å². The van der Waals surface area contributed by atoms with E-state index in [0.717, 1.165) is 17.7 Å². The summed E-state index contributed by atoms with van der Waals surface area (Å²) in [5.74, 6) is 0.368. The maximum absolute atomic E-state index is 12.9. The molecule has 1 aromatic carbocycles. The third-order valence-corrected chi connectivity index (χ3v) is 6.08. The molecule has 0 unspecified atom stereocenters. The van der Waals surface area contributed by atoms with Gasteiger partial charge in [-0.25, -0.2) is 13.2 Å². The summed E-state index contributed by atoms with van der Waals surface area (Å²) in [6.07, 6.45) is 0.953. The monoisotopic (exact) mass is 420 g/mol. The van der Waals surface area contributed by atoms with E-state index in [1.54, 1.807) is 36.2 Å². The average molecular weight is 421 g/mol. The summed E-state index contributed by atoms with van der Waals surface area (Å²) >= 11 is 0. The zero-order valence-corrected chi connectivity index (χ0v) is 18.3. The number of benzene rings is 1. The molecule has 0 fully saturated rings. The van der Waals surface area contributed by atoms with Crippen LogP contribution in [0.5, 0.6) is 0 Å². The molecule has 1 aliphatic heterocycles. The number of amides is 1. The first-order valence-corrected chi connectivity index (χ1v) is 11.1. The molecule has 1 amide bonds. The van der Waals surface area contributed by atoms with Gasteiger partial charge in [0.15, 0.2) is 0 Å². The first kappa shape index (κ1) is 21.2. The summed E-state index contributed by atoms with van der Waals surface area (Å²) in [6.45, 7) is 8.17. The van der Waals surface area contributed by atoms with Crippen molar-refractivity contribution in [2.45, 2.75) is 57.6 Å². The van der Waals surface area contributed by atoms with Gasteiger partial charge in [-0.1, -0.05) is 19.1 Å². The molecule has 0 spiro atoms. The van der Waals surface area contributed by atoms with Crippen molar-refractivity contribution < 1.29 is 17.9 Å². The number of carbonyl (C=O) groups is 1. The van der Waals surface area contributed by atoms with Crippen LogP contribution in [0.15, 0.2) is 29.2 Å². The van der Waals surface area contributed by atoms with Crippen molar-refractivity contribution in [2.24, 2.45) is 7.05 Å². The van der Waals surface area contributed by atoms with E-state index in [1.165, 1.54) is 4.68 Å². The molecule has 0 aliphatic carbocycles. The highest BCUT2D eigenvalue weighted by Crippen LogP contribution is 2.28. The van der Waals surface area contributed by atoms with Gasteiger partial charge < -0.3 is 9.64 Å². The summed E-state index contributed by atoms with van der Waals surface area (Å²) in [5, 5.41) is 4.44. The third kappa shape index (κ3) is 4.72. The standard InChI is InChI=1S/C20H28N4O4S/c1-6-14-7-9-15(10-8-14)29(26,27)22-18-16-13-24(19(25)28-20(2,3)4)12-11-17(16)21-23(18)5/h7-10,22H,6,11-13H2,1-5H3. The lowest BCUT2D eigenvalue weighted by molar-refractivity contribution is 0.0224. The number of aryl methyl sites for hydroxylation is 2. The molecule has 1 aromatic heterocycles. The van der Waals surface area contributed by atoms with Gasteiger partial charge in [0.2, 0.25) is 0 Å². The molecule has 158 valence electrons. The van der Waals surface area contributed by atoms with Gasteiger partial charge in [-0.3, -0.25) is 9.40 Å². The quantitative estimate of drug-likeness (QED) is 0.820. The molecule has 2 aromatic rings. The van der Waals surface area contributed by atoms with Crippen LogP contribution in [-0.2, 0) is 41.2 Å². The highest BCUT2D eigenvalue weighted by Gasteiger charge is 2.31. The molecular weight excluding hydrogens is 392 g/mol. The SMILES string of the molecule is CCc1ccc(S(=O)(=O)Nc2c3c(nn2C)CCN(C(=O)OC(C)(C)C)C3)cc1. The predicted molar refractivity (Wildman–Crippen MR) is 110 cm³/mol. The van der Waals surface area contributed by atoms with Crippen LogP contribution in [0, 0.1) is 0 Å². The van der Waals surface area contributed by atoms with Crippen LogP contribution in [0.3, 0.4) is 0 Å². The van der Waals surface area contributed by atoms with Gasteiger partial charge in [0.05, 0.1) is 17.1 Å². The summed E-state index contributed by atoms with van der Waals surface area (Å²) in [7, 11) is -2.09. The number of nitrogens with zero attached hydrogens (tertiary/aromatic N) is 3. The van der Waals surface area contributed by atoms with Gasteiger partial charge in [0, 0.05) is 25.6 Å². The molecule has 0 radical (unpaired) electrons. The maximum Gasteiger partial charge on any atom is 0.410 e. The van der Waals surface area contributed by atoms with E-state index in [4.69, 9.17) is 4.74 Å². The normalized spacial score (nSPS) is 14.4. The van der Waals surface area contributed by atoms with Crippen LogP contribution in [0.2, 0.25) is 0 Å². The molecule has 0 atom stereocenters. The Kier molecular flexibility index (Phi) is 5.62. The Bertz CT molecular complexity index is 1000. The van der Waals surface area contributed by atoms with E-state index in [-0.39, 0.29) is 11.4 Å². The summed E-state index contributed by atoms with van der Waals surface area (Å²) in [5.41, 5.74) is 1.95. The van der Waals surface area contributed by atoms with Crippen LogP contribution in [0.1, 0.15) is 44.5 Å². The number of hydrogen-bond donors (Lipinski definition) is 1. The Balaban J connectivity index is 1.85. The van der Waals surface area contributed by atoms with Gasteiger partial charge in [0.1, 0.15) is 11.4 Å². The van der Waals surface area contributed by atoms with Gasteiger partial charge in [-0.2, -0.15) is 5.10 Å². The van der Waals surface area contributed by atoms with Crippen molar-refractivity contribution in [3.63, 3.8) is 0 Å². The lowest BCUT2D eigenvalue weighted by Crippen LogP contribution is -2.40. The molecule has 0 saturated carbocycles. The lowest BCUT2D eigenvalue weighted by atomic mass is 10.1. The Labute approximate surface area is 171 Å². The molecule has 9 heteroatoms. The minimum absolute atomic E-state index is 0.185. The van der Waals surface area contributed by atoms with Crippen LogP contribution in [0.25, 0.3) is 0 Å². The number of hydrogen-bond acceptors (Lipinski definition) is 5. The Hall–Kier alpha value is -2.55. The zero-order valence-electron chi connectivity index (χ0n) is 17.5. The summed E-state index contributed by atoms with van der Waals surface area (Å²) in [6, 6.07) is 6.79. The fourth-order valence-electron chi connectivity index (χ4n) is 3.20. The molecule has 0 saturated heterocycles. The smallest absolute Gasteiger partial charge is 0.410 e. The first-order chi connectivity index (χ1) is 13.5. The zero-order chi connectivity index (χ0) is 21.4. The van der Waals surface area contributed by atoms with Crippen molar-refractivity contribution in [2.75, 3.05) is 11.3 Å². The number of aromatic nitrogens is 2. The Morgan fingerprint density at radius 1 is 1.24 bits per heavy atom. The van der Waals surface area contributed by atoms with Crippen molar-refractivity contribution in [1.29, 1.82) is 0 Å². The number of rotatable bonds is 4. The largest absolute Gasteiger partial charge is 0.444 e. The Morgan fingerprint density at radius 3 is 2.48 bits per heavy atom. The number of anilines is 1.